The third kappa shape index (κ3) is 16.6. The molecule has 0 aromatic carbocycles. The number of hydrogen-bond acceptors (Lipinski definition) is 4. The second-order valence-corrected chi connectivity index (χ2v) is 7.11. The van der Waals surface area contributed by atoms with Gasteiger partial charge in [-0.1, -0.05) is 0 Å². The topological polar surface area (TPSA) is 63.9 Å². The first kappa shape index (κ1) is 22.7. The fraction of sp³-hybridized carbons (Fsp3) is 1.00. The molecule has 0 bridgehead atoms. The highest BCUT2D eigenvalue weighted by Crippen LogP contribution is 2.06. The van der Waals surface area contributed by atoms with Crippen molar-refractivity contribution >= 4 is 21.2 Å². The van der Waals surface area contributed by atoms with E-state index in [4.69, 9.17) is 14.4 Å². The van der Waals surface area contributed by atoms with Crippen molar-refractivity contribution in [2.75, 3.05) is 47.8 Å². The molecule has 0 amide bonds. The summed E-state index contributed by atoms with van der Waals surface area (Å²) < 4.78 is 0.836. The first-order chi connectivity index (χ1) is 6.62. The number of rotatable bonds is 7. The van der Waals surface area contributed by atoms with Gasteiger partial charge in [0.15, 0.2) is 0 Å². The Morgan fingerprint density at radius 1 is 1.06 bits per heavy atom. The van der Waals surface area contributed by atoms with Crippen LogP contribution in [0.25, 0.3) is 0 Å². The molecule has 17 heavy (non-hydrogen) atoms. The van der Waals surface area contributed by atoms with E-state index >= 15 is 0 Å². The van der Waals surface area contributed by atoms with E-state index in [0.717, 1.165) is 24.1 Å². The average molecular weight is 309 g/mol. The Kier molecular flexibility index (Phi) is 12.7. The van der Waals surface area contributed by atoms with E-state index in [1.807, 2.05) is 14.1 Å². The van der Waals surface area contributed by atoms with Crippen molar-refractivity contribution in [3.63, 3.8) is 0 Å². The summed E-state index contributed by atoms with van der Waals surface area (Å²) >= 11 is 0. The molecule has 0 aliphatic heterocycles. The van der Waals surface area contributed by atoms with Gasteiger partial charge in [0, 0.05) is 19.0 Å². The van der Waals surface area contributed by atoms with Crippen molar-refractivity contribution in [1.29, 1.82) is 0 Å². The van der Waals surface area contributed by atoms with Crippen molar-refractivity contribution in [3.05, 3.63) is 0 Å². The van der Waals surface area contributed by atoms with Gasteiger partial charge in [0.25, 0.3) is 0 Å². The zero-order chi connectivity index (χ0) is 12.1. The molecule has 0 saturated heterocycles. The smallest absolute Gasteiger partial charge is 0.492 e. The molecule has 0 saturated carbocycles. The number of hydrogen-bond donors (Lipinski definition) is 3. The third-order valence-corrected chi connectivity index (χ3v) is 3.45. The maximum atomic E-state index is 8.87. The quantitative estimate of drug-likeness (QED) is 0.335. The highest BCUT2D eigenvalue weighted by molar-refractivity contribution is 6.56. The molecule has 0 spiro atoms. The lowest BCUT2D eigenvalue weighted by atomic mass is 10.3. The minimum absolute atomic E-state index is 0. The van der Waals surface area contributed by atoms with Crippen molar-refractivity contribution in [1.82, 2.24) is 4.90 Å². The Bertz CT molecular complexity index is 190. The lowest BCUT2D eigenvalue weighted by Crippen LogP contribution is -3.00. The molecule has 0 aromatic rings. The molecule has 3 N–H and O–H groups in total. The Morgan fingerprint density at radius 3 is 1.88 bits per heavy atom. The minimum atomic E-state index is -3.82. The predicted molar refractivity (Wildman–Crippen MR) is 69.5 cm³/mol. The van der Waals surface area contributed by atoms with E-state index in [1.54, 1.807) is 0 Å². The monoisotopic (exact) mass is 308 g/mol. The molecular weight excluding hydrogens is 283 g/mol. The normalized spacial score (nSPS) is 12.0. The Morgan fingerprint density at radius 2 is 1.53 bits per heavy atom. The Hall–Kier alpha value is 0.597. The van der Waals surface area contributed by atoms with Gasteiger partial charge in [0.05, 0.1) is 27.2 Å². The average Bonchev–Trinajstić information content (AvgIpc) is 1.98. The Balaban J connectivity index is -0.000000980. The van der Waals surface area contributed by atoms with E-state index in [0.29, 0.717) is 6.42 Å². The minimum Gasteiger partial charge on any atom is -1.00 e. The van der Waals surface area contributed by atoms with Gasteiger partial charge in [-0.25, -0.2) is 0 Å². The fourth-order valence-corrected chi connectivity index (χ4v) is 1.96. The summed E-state index contributed by atoms with van der Waals surface area (Å²) in [6.45, 7) is 2.88. The lowest BCUT2D eigenvalue weighted by Gasteiger charge is -2.31. The molecule has 0 aliphatic rings. The Labute approximate surface area is 118 Å². The van der Waals surface area contributed by atoms with Crippen LogP contribution in [-0.2, 0) is 0 Å². The van der Waals surface area contributed by atoms with Gasteiger partial charge in [-0.3, -0.25) is 0 Å². The number of nitrogens with zero attached hydrogens (tertiary/aromatic N) is 2. The molecule has 0 aliphatic carbocycles. The maximum absolute atomic E-state index is 8.87. The van der Waals surface area contributed by atoms with Gasteiger partial charge in [0.1, 0.15) is 0 Å². The van der Waals surface area contributed by atoms with Crippen LogP contribution < -0.4 is 12.4 Å². The van der Waals surface area contributed by atoms with Crippen LogP contribution in [0.4, 0.5) is 0 Å². The second-order valence-electron chi connectivity index (χ2n) is 5.06. The van der Waals surface area contributed by atoms with Gasteiger partial charge in [-0.15, -0.1) is 12.4 Å². The third-order valence-electron chi connectivity index (χ3n) is 2.43. The zero-order valence-electron chi connectivity index (χ0n) is 11.1. The van der Waals surface area contributed by atoms with Gasteiger partial charge in [0.2, 0.25) is 0 Å². The van der Waals surface area contributed by atoms with Crippen molar-refractivity contribution < 1.29 is 31.3 Å². The van der Waals surface area contributed by atoms with Crippen LogP contribution in [0, 0.1) is 0 Å². The van der Waals surface area contributed by atoms with Crippen molar-refractivity contribution in [2.24, 2.45) is 0 Å². The summed E-state index contributed by atoms with van der Waals surface area (Å²) in [4.78, 5) is 28.7. The molecule has 0 fully saturated rings. The standard InChI is InChI=1S/C9H25N2O3Si.2ClH/c1-10(2)6-8-11(3,4)7-5-9-15(12,13)14;;/h12-14H,5-9H2,1-4H3;2*1H/q+1;;/p-1. The molecule has 8 heteroatoms. The summed E-state index contributed by atoms with van der Waals surface area (Å²) in [5, 5.41) is 0. The van der Waals surface area contributed by atoms with Crippen LogP contribution in [-0.4, -0.2) is 80.4 Å². The molecule has 0 unspecified atom stereocenters. The highest BCUT2D eigenvalue weighted by Gasteiger charge is 2.27. The summed E-state index contributed by atoms with van der Waals surface area (Å²) in [6.07, 6.45) is 0.649. The zero-order valence-corrected chi connectivity index (χ0v) is 13.6. The van der Waals surface area contributed by atoms with Crippen LogP contribution in [0.15, 0.2) is 0 Å². The van der Waals surface area contributed by atoms with Gasteiger partial charge >= 0.3 is 8.80 Å². The van der Waals surface area contributed by atoms with E-state index < -0.39 is 8.80 Å². The number of halogens is 2. The van der Waals surface area contributed by atoms with Crippen LogP contribution in [0.5, 0.6) is 0 Å². The van der Waals surface area contributed by atoms with Crippen molar-refractivity contribution in [2.45, 2.75) is 12.5 Å². The lowest BCUT2D eigenvalue weighted by molar-refractivity contribution is -0.889. The summed E-state index contributed by atoms with van der Waals surface area (Å²) in [7, 11) is 4.47. The largest absolute Gasteiger partial charge is 1.00 e. The number of quaternary nitrogens is 1. The first-order valence-corrected chi connectivity index (χ1v) is 7.31. The molecular formula is C9H26Cl2N2O3Si. The SMILES string of the molecule is CN(C)CC[N+](C)(C)CCC[Si](O)(O)O.Cl.[Cl-]. The van der Waals surface area contributed by atoms with E-state index in [9.17, 15) is 0 Å². The van der Waals surface area contributed by atoms with Gasteiger partial charge in [-0.2, -0.15) is 0 Å². The van der Waals surface area contributed by atoms with Crippen LogP contribution >= 0.6 is 12.4 Å². The van der Waals surface area contributed by atoms with Gasteiger partial charge < -0.3 is 36.2 Å². The summed E-state index contributed by atoms with van der Waals surface area (Å²) in [5.41, 5.74) is 0. The maximum Gasteiger partial charge on any atom is 0.492 e. The molecule has 0 radical (unpaired) electrons. The van der Waals surface area contributed by atoms with Crippen LogP contribution in [0.3, 0.4) is 0 Å². The summed E-state index contributed by atoms with van der Waals surface area (Å²) in [6, 6.07) is 0.136. The fourth-order valence-electron chi connectivity index (χ4n) is 1.33. The summed E-state index contributed by atoms with van der Waals surface area (Å²) in [5.74, 6) is 0. The number of likely N-dealkylation sites (N-methyl/N-ethyl adjacent to an activating group) is 2. The second kappa shape index (κ2) is 9.52. The molecule has 5 nitrogen and oxygen atoms in total. The van der Waals surface area contributed by atoms with E-state index in [2.05, 4.69) is 19.0 Å². The van der Waals surface area contributed by atoms with E-state index in [1.165, 1.54) is 0 Å². The van der Waals surface area contributed by atoms with Crippen LogP contribution in [0.2, 0.25) is 6.04 Å². The molecule has 0 heterocycles. The van der Waals surface area contributed by atoms with Crippen molar-refractivity contribution in [3.8, 4) is 0 Å². The molecule has 108 valence electrons. The van der Waals surface area contributed by atoms with Crippen LogP contribution in [0.1, 0.15) is 6.42 Å². The molecule has 0 aromatic heterocycles. The molecule has 0 rings (SSSR count). The van der Waals surface area contributed by atoms with E-state index in [-0.39, 0.29) is 30.9 Å². The molecule has 0 atom stereocenters. The highest BCUT2D eigenvalue weighted by atomic mass is 35.5. The predicted octanol–water partition coefficient (Wildman–Crippen LogP) is -3.64. The van der Waals surface area contributed by atoms with Gasteiger partial charge in [-0.05, 0) is 14.1 Å². The first-order valence-electron chi connectivity index (χ1n) is 5.26.